The maximum absolute atomic E-state index is 13.3. The van der Waals surface area contributed by atoms with Gasteiger partial charge in [-0.25, -0.2) is 0 Å². The second kappa shape index (κ2) is 12.1. The Morgan fingerprint density at radius 3 is 2.32 bits per heavy atom. The lowest BCUT2D eigenvalue weighted by molar-refractivity contribution is -0.140. The van der Waals surface area contributed by atoms with Gasteiger partial charge in [-0.1, -0.05) is 24.8 Å². The number of ether oxygens (including phenoxy) is 3. The van der Waals surface area contributed by atoms with Crippen molar-refractivity contribution < 1.29 is 28.9 Å². The van der Waals surface area contributed by atoms with Crippen LogP contribution in [0.4, 0.5) is 0 Å². The van der Waals surface area contributed by atoms with Crippen LogP contribution in [0.2, 0.25) is 0 Å². The largest absolute Gasteiger partial charge is 0.507 e. The molecule has 2 aliphatic rings. The summed E-state index contributed by atoms with van der Waals surface area (Å²) < 4.78 is 16.7. The van der Waals surface area contributed by atoms with Crippen LogP contribution in [-0.4, -0.2) is 78.7 Å². The van der Waals surface area contributed by atoms with Gasteiger partial charge in [-0.2, -0.15) is 0 Å². The molecule has 8 nitrogen and oxygen atoms in total. The molecule has 2 aromatic carbocycles. The summed E-state index contributed by atoms with van der Waals surface area (Å²) in [6.07, 6.45) is 1.66. The first-order valence-corrected chi connectivity index (χ1v) is 12.6. The highest BCUT2D eigenvalue weighted by Crippen LogP contribution is 2.40. The van der Waals surface area contributed by atoms with Gasteiger partial charge in [0.1, 0.15) is 23.9 Å². The van der Waals surface area contributed by atoms with Gasteiger partial charge in [-0.15, -0.1) is 0 Å². The number of nitrogens with zero attached hydrogens (tertiary/aromatic N) is 2. The highest BCUT2D eigenvalue weighted by atomic mass is 16.5. The van der Waals surface area contributed by atoms with E-state index in [1.165, 1.54) is 0 Å². The topological polar surface area (TPSA) is 88.5 Å². The number of morpholine rings is 1. The Morgan fingerprint density at radius 1 is 1.05 bits per heavy atom. The third-order valence-corrected chi connectivity index (χ3v) is 6.36. The van der Waals surface area contributed by atoms with E-state index in [-0.39, 0.29) is 17.4 Å². The zero-order valence-corrected chi connectivity index (χ0v) is 21.4. The van der Waals surface area contributed by atoms with E-state index in [9.17, 15) is 14.7 Å². The lowest BCUT2D eigenvalue weighted by atomic mass is 9.95. The van der Waals surface area contributed by atoms with Gasteiger partial charge in [0, 0.05) is 31.7 Å². The minimum Gasteiger partial charge on any atom is -0.507 e. The number of likely N-dealkylation sites (tertiary alicyclic amines) is 1. The van der Waals surface area contributed by atoms with Crippen LogP contribution >= 0.6 is 0 Å². The number of ketones is 1. The smallest absolute Gasteiger partial charge is 0.295 e. The van der Waals surface area contributed by atoms with Gasteiger partial charge in [0.2, 0.25) is 0 Å². The van der Waals surface area contributed by atoms with E-state index in [4.69, 9.17) is 14.2 Å². The molecule has 0 aromatic heterocycles. The van der Waals surface area contributed by atoms with E-state index < -0.39 is 17.7 Å². The SMILES string of the molecule is C=CCOc1ccc(C(O)=C2C(=O)C(=O)N(CCN3CCOCC3)[C@H]2c2ccc(OC(C)C)cc2)cc1. The molecule has 0 unspecified atom stereocenters. The minimum atomic E-state index is -0.717. The predicted octanol–water partition coefficient (Wildman–Crippen LogP) is 3.79. The van der Waals surface area contributed by atoms with Crippen molar-refractivity contribution in [3.05, 3.63) is 77.9 Å². The number of benzene rings is 2. The number of aliphatic hydroxyl groups excluding tert-OH is 1. The number of aliphatic hydroxyl groups is 1. The second-order valence-corrected chi connectivity index (χ2v) is 9.31. The quantitative estimate of drug-likeness (QED) is 0.227. The van der Waals surface area contributed by atoms with Crippen molar-refractivity contribution in [1.82, 2.24) is 9.80 Å². The third-order valence-electron chi connectivity index (χ3n) is 6.36. The van der Waals surface area contributed by atoms with E-state index in [2.05, 4.69) is 11.5 Å². The normalized spacial score (nSPS) is 19.9. The molecule has 0 radical (unpaired) electrons. The molecule has 2 fully saturated rings. The summed E-state index contributed by atoms with van der Waals surface area (Å²) in [7, 11) is 0. The molecule has 2 aliphatic heterocycles. The Bertz CT molecular complexity index is 1130. The number of carbonyl (C=O) groups is 2. The molecule has 0 aliphatic carbocycles. The molecule has 0 bridgehead atoms. The standard InChI is InChI=1S/C29H34N2O6/c1-4-17-36-23-9-7-22(8-10-23)27(32)25-26(21-5-11-24(12-6-21)37-20(2)3)31(29(34)28(25)33)14-13-30-15-18-35-19-16-30/h4-12,20,26,32H,1,13-19H2,2-3H3/t26-/m0/s1. The number of hydrogen-bond donors (Lipinski definition) is 1. The molecule has 1 amide bonds. The highest BCUT2D eigenvalue weighted by Gasteiger charge is 2.46. The van der Waals surface area contributed by atoms with Crippen molar-refractivity contribution in [3.8, 4) is 11.5 Å². The summed E-state index contributed by atoms with van der Waals surface area (Å²) in [5, 5.41) is 11.3. The lowest BCUT2D eigenvalue weighted by Crippen LogP contribution is -2.42. The second-order valence-electron chi connectivity index (χ2n) is 9.31. The highest BCUT2D eigenvalue weighted by molar-refractivity contribution is 6.46. The van der Waals surface area contributed by atoms with Crippen LogP contribution in [0.15, 0.2) is 66.8 Å². The minimum absolute atomic E-state index is 0.0171. The molecule has 1 N–H and O–H groups in total. The monoisotopic (exact) mass is 506 g/mol. The zero-order chi connectivity index (χ0) is 26.4. The summed E-state index contributed by atoms with van der Waals surface area (Å²) >= 11 is 0. The number of carbonyl (C=O) groups excluding carboxylic acids is 2. The lowest BCUT2D eigenvalue weighted by Gasteiger charge is -2.31. The van der Waals surface area contributed by atoms with Crippen LogP contribution in [0.1, 0.15) is 31.0 Å². The van der Waals surface area contributed by atoms with Gasteiger partial charge >= 0.3 is 0 Å². The van der Waals surface area contributed by atoms with Gasteiger partial charge < -0.3 is 24.2 Å². The van der Waals surface area contributed by atoms with Crippen LogP contribution in [-0.2, 0) is 14.3 Å². The van der Waals surface area contributed by atoms with Crippen molar-refractivity contribution in [1.29, 1.82) is 0 Å². The van der Waals surface area contributed by atoms with Gasteiger partial charge in [0.25, 0.3) is 11.7 Å². The van der Waals surface area contributed by atoms with Crippen molar-refractivity contribution in [2.45, 2.75) is 26.0 Å². The third kappa shape index (κ3) is 6.21. The number of amides is 1. The molecule has 37 heavy (non-hydrogen) atoms. The zero-order valence-electron chi connectivity index (χ0n) is 21.4. The fourth-order valence-electron chi connectivity index (χ4n) is 4.55. The number of Topliss-reactive ketones (excluding diaryl/α,β-unsaturated/α-hetero) is 1. The average Bonchev–Trinajstić information content (AvgIpc) is 3.16. The first-order valence-electron chi connectivity index (χ1n) is 12.6. The Kier molecular flexibility index (Phi) is 8.63. The van der Waals surface area contributed by atoms with E-state index in [1.807, 2.05) is 38.1 Å². The van der Waals surface area contributed by atoms with Crippen molar-refractivity contribution in [2.24, 2.45) is 0 Å². The first-order chi connectivity index (χ1) is 17.9. The Balaban J connectivity index is 1.68. The summed E-state index contributed by atoms with van der Waals surface area (Å²) in [6.45, 7) is 11.7. The van der Waals surface area contributed by atoms with Gasteiger partial charge in [0.05, 0.1) is 30.9 Å². The predicted molar refractivity (Wildman–Crippen MR) is 141 cm³/mol. The molecule has 4 rings (SSSR count). The van der Waals surface area contributed by atoms with E-state index in [0.29, 0.717) is 50.0 Å². The van der Waals surface area contributed by atoms with Crippen LogP contribution in [0.5, 0.6) is 11.5 Å². The summed E-state index contributed by atoms with van der Waals surface area (Å²) in [5.41, 5.74) is 1.23. The Labute approximate surface area is 217 Å². The van der Waals surface area contributed by atoms with Crippen LogP contribution in [0.3, 0.4) is 0 Å². The molecule has 2 heterocycles. The summed E-state index contributed by atoms with van der Waals surface area (Å²) in [4.78, 5) is 30.3. The summed E-state index contributed by atoms with van der Waals surface area (Å²) in [5.74, 6) is -0.221. The van der Waals surface area contributed by atoms with Crippen LogP contribution in [0.25, 0.3) is 5.76 Å². The molecule has 2 saturated heterocycles. The molecular weight excluding hydrogens is 472 g/mol. The van der Waals surface area contributed by atoms with Crippen LogP contribution < -0.4 is 9.47 Å². The first kappa shape index (κ1) is 26.4. The van der Waals surface area contributed by atoms with Crippen molar-refractivity contribution >= 4 is 17.4 Å². The van der Waals surface area contributed by atoms with E-state index in [0.717, 1.165) is 18.7 Å². The molecule has 196 valence electrons. The van der Waals surface area contributed by atoms with Gasteiger partial charge in [-0.05, 0) is 55.8 Å². The fourth-order valence-corrected chi connectivity index (χ4v) is 4.55. The van der Waals surface area contributed by atoms with Crippen molar-refractivity contribution in [3.63, 3.8) is 0 Å². The van der Waals surface area contributed by atoms with Crippen LogP contribution in [0, 0.1) is 0 Å². The van der Waals surface area contributed by atoms with E-state index in [1.54, 1.807) is 35.2 Å². The summed E-state index contributed by atoms with van der Waals surface area (Å²) in [6, 6.07) is 13.4. The molecule has 2 aromatic rings. The van der Waals surface area contributed by atoms with Gasteiger partial charge in [0.15, 0.2) is 0 Å². The fraction of sp³-hybridized carbons (Fsp3) is 0.379. The molecular formula is C29H34N2O6. The van der Waals surface area contributed by atoms with Gasteiger partial charge in [-0.3, -0.25) is 14.5 Å². The Morgan fingerprint density at radius 2 is 1.70 bits per heavy atom. The molecule has 8 heteroatoms. The molecule has 1 atom stereocenters. The molecule has 0 spiro atoms. The average molecular weight is 507 g/mol. The maximum atomic E-state index is 13.3. The number of hydrogen-bond acceptors (Lipinski definition) is 7. The maximum Gasteiger partial charge on any atom is 0.295 e. The van der Waals surface area contributed by atoms with E-state index >= 15 is 0 Å². The molecule has 0 saturated carbocycles. The Hall–Kier alpha value is -3.62. The number of rotatable bonds is 10. The van der Waals surface area contributed by atoms with Crippen molar-refractivity contribution in [2.75, 3.05) is 46.0 Å².